The van der Waals surface area contributed by atoms with Crippen LogP contribution in [0.25, 0.3) is 0 Å². The molecule has 0 aromatic heterocycles. The number of hydrogen-bond donors (Lipinski definition) is 0. The Hall–Kier alpha value is -1.59. The summed E-state index contributed by atoms with van der Waals surface area (Å²) in [6.45, 7) is 11.3. The molecule has 6 heteroatoms. The quantitative estimate of drug-likeness (QED) is 0.0345. The number of ether oxygens (including phenoxy) is 3. The zero-order chi connectivity index (χ0) is 43.3. The van der Waals surface area contributed by atoms with Gasteiger partial charge in [0.15, 0.2) is 6.10 Å². The summed E-state index contributed by atoms with van der Waals surface area (Å²) in [5, 5.41) is 0. The van der Waals surface area contributed by atoms with Gasteiger partial charge < -0.3 is 14.2 Å². The smallest absolute Gasteiger partial charge is 0.306 e. The monoisotopic (exact) mass is 835 g/mol. The van der Waals surface area contributed by atoms with Gasteiger partial charge in [0.25, 0.3) is 0 Å². The predicted octanol–water partition coefficient (Wildman–Crippen LogP) is 16.9. The summed E-state index contributed by atoms with van der Waals surface area (Å²) in [6.07, 6.45) is 46.7. The molecule has 0 rings (SSSR count). The minimum atomic E-state index is -0.762. The molecule has 0 heterocycles. The molecule has 0 radical (unpaired) electrons. The van der Waals surface area contributed by atoms with E-state index in [0.717, 1.165) is 69.6 Å². The molecule has 0 aliphatic heterocycles. The molecular formula is C53H102O6. The molecular weight excluding hydrogens is 733 g/mol. The zero-order valence-corrected chi connectivity index (χ0v) is 40.4. The zero-order valence-electron chi connectivity index (χ0n) is 40.4. The summed E-state index contributed by atoms with van der Waals surface area (Å²) in [6, 6.07) is 0. The highest BCUT2D eigenvalue weighted by molar-refractivity contribution is 5.71. The Kier molecular flexibility index (Phi) is 44.7. The molecule has 0 aromatic rings. The van der Waals surface area contributed by atoms with Gasteiger partial charge in [0.05, 0.1) is 0 Å². The van der Waals surface area contributed by atoms with Crippen molar-refractivity contribution in [2.45, 2.75) is 298 Å². The van der Waals surface area contributed by atoms with Crippen LogP contribution in [0.1, 0.15) is 291 Å². The van der Waals surface area contributed by atoms with E-state index in [1.165, 1.54) is 180 Å². The molecule has 1 atom stereocenters. The summed E-state index contributed by atoms with van der Waals surface area (Å²) in [7, 11) is 0. The van der Waals surface area contributed by atoms with E-state index in [4.69, 9.17) is 14.2 Å². The van der Waals surface area contributed by atoms with E-state index >= 15 is 0 Å². The van der Waals surface area contributed by atoms with Crippen LogP contribution in [-0.2, 0) is 28.6 Å². The molecule has 0 N–H and O–H groups in total. The van der Waals surface area contributed by atoms with Crippen molar-refractivity contribution in [1.29, 1.82) is 0 Å². The molecule has 59 heavy (non-hydrogen) atoms. The number of rotatable bonds is 47. The van der Waals surface area contributed by atoms with E-state index in [-0.39, 0.29) is 31.1 Å². The highest BCUT2D eigenvalue weighted by Gasteiger charge is 2.19. The first kappa shape index (κ1) is 57.4. The lowest BCUT2D eigenvalue weighted by atomic mass is 10.0. The van der Waals surface area contributed by atoms with Crippen molar-refractivity contribution in [3.05, 3.63) is 0 Å². The Morgan fingerprint density at radius 1 is 0.322 bits per heavy atom. The SMILES string of the molecule is CCCCCCCCCCCCCCCCCC(=O)O[C@H](COC(=O)CCCCCCCCCCCCCCCC(C)C)COC(=O)CCCCCCCCCC(C)C. The Balaban J connectivity index is 4.28. The molecule has 0 aliphatic rings. The molecule has 350 valence electrons. The van der Waals surface area contributed by atoms with E-state index in [0.29, 0.717) is 19.3 Å². The van der Waals surface area contributed by atoms with Crippen LogP contribution in [0.4, 0.5) is 0 Å². The second kappa shape index (κ2) is 45.9. The van der Waals surface area contributed by atoms with Crippen molar-refractivity contribution in [1.82, 2.24) is 0 Å². The van der Waals surface area contributed by atoms with Gasteiger partial charge in [0, 0.05) is 19.3 Å². The second-order valence-corrected chi connectivity index (χ2v) is 19.1. The standard InChI is InChI=1S/C53H102O6/c1-6-7-8-9-10-11-12-13-14-17-21-24-29-35-40-45-53(56)59-50(47-58-52(55)44-39-34-30-25-27-32-37-42-49(4)5)46-57-51(54)43-38-33-28-23-20-18-15-16-19-22-26-31-36-41-48(2)3/h48-50H,6-47H2,1-5H3/t50-/m1/s1. The Bertz CT molecular complexity index is 900. The number of carbonyl (C=O) groups excluding carboxylic acids is 3. The van der Waals surface area contributed by atoms with Crippen LogP contribution in [0.2, 0.25) is 0 Å². The Labute approximate surface area is 368 Å². The van der Waals surface area contributed by atoms with Gasteiger partial charge in [-0.25, -0.2) is 0 Å². The molecule has 0 bridgehead atoms. The molecule has 6 nitrogen and oxygen atoms in total. The van der Waals surface area contributed by atoms with Gasteiger partial charge in [-0.15, -0.1) is 0 Å². The molecule has 0 aromatic carbocycles. The van der Waals surface area contributed by atoms with E-state index in [1.54, 1.807) is 0 Å². The van der Waals surface area contributed by atoms with Crippen LogP contribution in [0, 0.1) is 11.8 Å². The molecule has 0 spiro atoms. The van der Waals surface area contributed by atoms with Crippen molar-refractivity contribution >= 4 is 17.9 Å². The van der Waals surface area contributed by atoms with E-state index in [9.17, 15) is 14.4 Å². The predicted molar refractivity (Wildman–Crippen MR) is 252 cm³/mol. The van der Waals surface area contributed by atoms with Gasteiger partial charge in [0.2, 0.25) is 0 Å². The first-order valence-electron chi connectivity index (χ1n) is 26.2. The minimum absolute atomic E-state index is 0.0640. The second-order valence-electron chi connectivity index (χ2n) is 19.1. The third kappa shape index (κ3) is 47.3. The van der Waals surface area contributed by atoms with Crippen LogP contribution in [-0.4, -0.2) is 37.2 Å². The number of esters is 3. The lowest BCUT2D eigenvalue weighted by molar-refractivity contribution is -0.167. The fraction of sp³-hybridized carbons (Fsp3) is 0.943. The normalized spacial score (nSPS) is 12.1. The Morgan fingerprint density at radius 2 is 0.559 bits per heavy atom. The third-order valence-corrected chi connectivity index (χ3v) is 12.0. The molecule has 0 saturated heterocycles. The maximum absolute atomic E-state index is 12.8. The lowest BCUT2D eigenvalue weighted by Gasteiger charge is -2.18. The molecule has 0 unspecified atom stereocenters. The maximum atomic E-state index is 12.8. The van der Waals surface area contributed by atoms with Gasteiger partial charge in [-0.3, -0.25) is 14.4 Å². The van der Waals surface area contributed by atoms with Crippen LogP contribution in [0.15, 0.2) is 0 Å². The van der Waals surface area contributed by atoms with Crippen LogP contribution in [0.3, 0.4) is 0 Å². The van der Waals surface area contributed by atoms with Crippen LogP contribution < -0.4 is 0 Å². The Morgan fingerprint density at radius 3 is 0.831 bits per heavy atom. The van der Waals surface area contributed by atoms with Gasteiger partial charge in [-0.1, -0.05) is 253 Å². The number of unbranched alkanes of at least 4 members (excludes halogenated alkanes) is 32. The highest BCUT2D eigenvalue weighted by Crippen LogP contribution is 2.17. The number of hydrogen-bond acceptors (Lipinski definition) is 6. The number of carbonyl (C=O) groups is 3. The average molecular weight is 835 g/mol. The summed E-state index contributed by atoms with van der Waals surface area (Å²) in [5.74, 6) is 0.772. The fourth-order valence-electron chi connectivity index (χ4n) is 7.99. The largest absolute Gasteiger partial charge is 0.462 e. The van der Waals surface area contributed by atoms with Gasteiger partial charge in [-0.05, 0) is 31.1 Å². The van der Waals surface area contributed by atoms with Crippen molar-refractivity contribution < 1.29 is 28.6 Å². The van der Waals surface area contributed by atoms with Crippen molar-refractivity contribution in [3.8, 4) is 0 Å². The van der Waals surface area contributed by atoms with Gasteiger partial charge >= 0.3 is 17.9 Å². The molecule has 0 aliphatic carbocycles. The average Bonchev–Trinajstić information content (AvgIpc) is 3.20. The first-order valence-corrected chi connectivity index (χ1v) is 26.2. The highest BCUT2D eigenvalue weighted by atomic mass is 16.6. The summed E-state index contributed by atoms with van der Waals surface area (Å²) >= 11 is 0. The van der Waals surface area contributed by atoms with E-state index in [1.807, 2.05) is 0 Å². The van der Waals surface area contributed by atoms with Crippen molar-refractivity contribution in [2.75, 3.05) is 13.2 Å². The molecule has 0 amide bonds. The van der Waals surface area contributed by atoms with Crippen LogP contribution >= 0.6 is 0 Å². The van der Waals surface area contributed by atoms with Gasteiger partial charge in [0.1, 0.15) is 13.2 Å². The van der Waals surface area contributed by atoms with Crippen molar-refractivity contribution in [2.24, 2.45) is 11.8 Å². The van der Waals surface area contributed by atoms with Crippen molar-refractivity contribution in [3.63, 3.8) is 0 Å². The van der Waals surface area contributed by atoms with E-state index in [2.05, 4.69) is 34.6 Å². The van der Waals surface area contributed by atoms with Gasteiger partial charge in [-0.2, -0.15) is 0 Å². The first-order chi connectivity index (χ1) is 28.7. The third-order valence-electron chi connectivity index (χ3n) is 12.0. The fourth-order valence-corrected chi connectivity index (χ4v) is 7.99. The minimum Gasteiger partial charge on any atom is -0.462 e. The summed E-state index contributed by atoms with van der Waals surface area (Å²) < 4.78 is 16.8. The topological polar surface area (TPSA) is 78.9 Å². The van der Waals surface area contributed by atoms with Crippen LogP contribution in [0.5, 0.6) is 0 Å². The summed E-state index contributed by atoms with van der Waals surface area (Å²) in [5.41, 5.74) is 0. The summed E-state index contributed by atoms with van der Waals surface area (Å²) in [4.78, 5) is 37.9. The molecule has 0 fully saturated rings. The molecule has 0 saturated carbocycles. The maximum Gasteiger partial charge on any atom is 0.306 e. The van der Waals surface area contributed by atoms with E-state index < -0.39 is 6.10 Å². The lowest BCUT2D eigenvalue weighted by Crippen LogP contribution is -2.30.